The molecule has 0 saturated heterocycles. The van der Waals surface area contributed by atoms with Gasteiger partial charge >= 0.3 is 0 Å². The fourth-order valence-electron chi connectivity index (χ4n) is 7.53. The Hall–Kier alpha value is -7.56. The molecule has 0 fully saturated rings. The second-order valence-corrected chi connectivity index (χ2v) is 13.9. The third-order valence-electron chi connectivity index (χ3n) is 10.3. The van der Waals surface area contributed by atoms with Gasteiger partial charge < -0.3 is 0 Å². The van der Waals surface area contributed by atoms with E-state index in [2.05, 4.69) is 164 Å². The van der Waals surface area contributed by atoms with Gasteiger partial charge in [0, 0.05) is 33.2 Å². The van der Waals surface area contributed by atoms with Crippen LogP contribution in [0.1, 0.15) is 0 Å². The molecule has 8 aromatic carbocycles. The summed E-state index contributed by atoms with van der Waals surface area (Å²) in [5, 5.41) is 3.48. The second-order valence-electron chi connectivity index (χ2n) is 13.9. The van der Waals surface area contributed by atoms with Crippen LogP contribution >= 0.6 is 0 Å². The van der Waals surface area contributed by atoms with Crippen LogP contribution in [0.4, 0.5) is 0 Å². The van der Waals surface area contributed by atoms with Gasteiger partial charge in [-0.3, -0.25) is 0 Å². The highest BCUT2D eigenvalue weighted by Gasteiger charge is 2.18. The number of hydrogen-bond donors (Lipinski definition) is 0. The number of aromatic nitrogens is 4. The summed E-state index contributed by atoms with van der Waals surface area (Å²) in [6.45, 7) is 0. The summed E-state index contributed by atoms with van der Waals surface area (Å²) in [5.74, 6) is 1.87. The molecule has 0 bridgehead atoms. The predicted molar refractivity (Wildman–Crippen MR) is 231 cm³/mol. The van der Waals surface area contributed by atoms with Crippen molar-refractivity contribution in [3.05, 3.63) is 206 Å². The maximum atomic E-state index is 5.43. The Bertz CT molecular complexity index is 2980. The molecule has 262 valence electrons. The summed E-state index contributed by atoms with van der Waals surface area (Å²) >= 11 is 0. The molecule has 2 heterocycles. The van der Waals surface area contributed by atoms with Gasteiger partial charge in [0.25, 0.3) is 0 Å². The first-order valence-corrected chi connectivity index (χ1v) is 18.8. The largest absolute Gasteiger partial charge is 0.247 e. The van der Waals surface area contributed by atoms with Gasteiger partial charge in [-0.1, -0.05) is 188 Å². The zero-order valence-electron chi connectivity index (χ0n) is 30.4. The van der Waals surface area contributed by atoms with Gasteiger partial charge in [0.05, 0.1) is 11.2 Å². The van der Waals surface area contributed by atoms with E-state index in [0.717, 1.165) is 77.6 Å². The van der Waals surface area contributed by atoms with Gasteiger partial charge in [-0.05, 0) is 56.8 Å². The highest BCUT2D eigenvalue weighted by molar-refractivity contribution is 6.18. The maximum Gasteiger partial charge on any atom is 0.164 e. The van der Waals surface area contributed by atoms with Crippen molar-refractivity contribution >= 4 is 21.7 Å². The number of nitrogens with zero attached hydrogens (tertiary/aromatic N) is 4. The molecule has 0 aliphatic heterocycles. The Morgan fingerprint density at radius 1 is 0.268 bits per heavy atom. The van der Waals surface area contributed by atoms with E-state index in [1.54, 1.807) is 0 Å². The summed E-state index contributed by atoms with van der Waals surface area (Å²) in [4.78, 5) is 20.5. The monoisotopic (exact) mass is 714 g/mol. The van der Waals surface area contributed by atoms with E-state index >= 15 is 0 Å². The number of benzene rings is 8. The summed E-state index contributed by atoms with van der Waals surface area (Å²) in [7, 11) is 0. The Balaban J connectivity index is 1.13. The Labute approximate surface area is 325 Å². The first-order valence-electron chi connectivity index (χ1n) is 18.8. The fourth-order valence-corrected chi connectivity index (χ4v) is 7.53. The molecule has 0 radical (unpaired) electrons. The third-order valence-corrected chi connectivity index (χ3v) is 10.3. The van der Waals surface area contributed by atoms with E-state index in [4.69, 9.17) is 19.9 Å². The fraction of sp³-hybridized carbons (Fsp3) is 0. The zero-order chi connectivity index (χ0) is 37.3. The molecule has 0 unspecified atom stereocenters. The second kappa shape index (κ2) is 14.3. The minimum Gasteiger partial charge on any atom is -0.247 e. The molecule has 0 aliphatic rings. The molecule has 0 atom stereocenters. The van der Waals surface area contributed by atoms with Gasteiger partial charge in [-0.25, -0.2) is 19.9 Å². The summed E-state index contributed by atoms with van der Waals surface area (Å²) in [5.41, 5.74) is 12.5. The van der Waals surface area contributed by atoms with E-state index in [1.165, 1.54) is 5.39 Å². The number of hydrogen-bond acceptors (Lipinski definition) is 4. The molecule has 56 heavy (non-hydrogen) atoms. The Morgan fingerprint density at radius 2 is 0.732 bits per heavy atom. The predicted octanol–water partition coefficient (Wildman–Crippen LogP) is 13.2. The van der Waals surface area contributed by atoms with Crippen molar-refractivity contribution in [2.75, 3.05) is 0 Å². The van der Waals surface area contributed by atoms with Gasteiger partial charge in [-0.15, -0.1) is 0 Å². The lowest BCUT2D eigenvalue weighted by Crippen LogP contribution is -2.00. The van der Waals surface area contributed by atoms with E-state index in [1.807, 2.05) is 42.5 Å². The van der Waals surface area contributed by atoms with Crippen LogP contribution in [-0.2, 0) is 0 Å². The molecule has 0 aliphatic carbocycles. The molecule has 4 nitrogen and oxygen atoms in total. The quantitative estimate of drug-likeness (QED) is 0.154. The van der Waals surface area contributed by atoms with E-state index < -0.39 is 0 Å². The molecule has 10 rings (SSSR count). The number of fused-ring (bicyclic) bond motifs is 3. The molecule has 0 amide bonds. The van der Waals surface area contributed by atoms with Crippen molar-refractivity contribution in [1.82, 2.24) is 19.9 Å². The Morgan fingerprint density at radius 3 is 1.39 bits per heavy atom. The topological polar surface area (TPSA) is 51.6 Å². The normalized spacial score (nSPS) is 11.2. The van der Waals surface area contributed by atoms with Crippen LogP contribution in [0.2, 0.25) is 0 Å². The summed E-state index contributed by atoms with van der Waals surface area (Å²) in [6.07, 6.45) is 0. The van der Waals surface area contributed by atoms with E-state index in [-0.39, 0.29) is 0 Å². The standard InChI is InChI=1S/C52H34N4/c1-5-16-35(17-6-1)41-25-15-26-43(32-41)52-55-50(39-22-11-4-12-23-39)54-51(56-52)40-30-28-37(29-31-40)46-33-42-24-13-14-27-44(42)48-45(36-18-7-2-8-19-36)34-47(53-49(46)48)38-20-9-3-10-21-38/h1-34H. The van der Waals surface area contributed by atoms with Crippen LogP contribution in [0.25, 0.3) is 100 Å². The molecule has 4 heteroatoms. The van der Waals surface area contributed by atoms with Crippen LogP contribution in [0.3, 0.4) is 0 Å². The molecule has 10 aromatic rings. The van der Waals surface area contributed by atoms with Crippen molar-refractivity contribution in [2.24, 2.45) is 0 Å². The van der Waals surface area contributed by atoms with Crippen LogP contribution in [-0.4, -0.2) is 19.9 Å². The molecule has 0 N–H and O–H groups in total. The van der Waals surface area contributed by atoms with Gasteiger partial charge in [-0.2, -0.15) is 0 Å². The van der Waals surface area contributed by atoms with Gasteiger partial charge in [0.15, 0.2) is 17.5 Å². The number of rotatable bonds is 7. The highest BCUT2D eigenvalue weighted by Crippen LogP contribution is 2.41. The first-order chi connectivity index (χ1) is 27.7. The van der Waals surface area contributed by atoms with Crippen LogP contribution in [0.15, 0.2) is 206 Å². The minimum absolute atomic E-state index is 0.615. The third kappa shape index (κ3) is 6.29. The van der Waals surface area contributed by atoms with Crippen LogP contribution in [0.5, 0.6) is 0 Å². The van der Waals surface area contributed by atoms with Crippen molar-refractivity contribution in [3.63, 3.8) is 0 Å². The van der Waals surface area contributed by atoms with Crippen LogP contribution in [0, 0.1) is 0 Å². The molecular weight excluding hydrogens is 681 g/mol. The van der Waals surface area contributed by atoms with Crippen molar-refractivity contribution < 1.29 is 0 Å². The minimum atomic E-state index is 0.615. The van der Waals surface area contributed by atoms with Gasteiger partial charge in [0.1, 0.15) is 0 Å². The first kappa shape index (κ1) is 33.0. The molecule has 0 saturated carbocycles. The lowest BCUT2D eigenvalue weighted by molar-refractivity contribution is 1.07. The molecule has 2 aromatic heterocycles. The number of pyridine rings is 1. The summed E-state index contributed by atoms with van der Waals surface area (Å²) in [6, 6.07) is 71.7. The molecular formula is C52H34N4. The maximum absolute atomic E-state index is 5.43. The lowest BCUT2D eigenvalue weighted by atomic mass is 9.90. The van der Waals surface area contributed by atoms with Gasteiger partial charge in [0.2, 0.25) is 0 Å². The summed E-state index contributed by atoms with van der Waals surface area (Å²) < 4.78 is 0. The highest BCUT2D eigenvalue weighted by atomic mass is 15.0. The SMILES string of the molecule is c1ccc(-c2cccc(-c3nc(-c4ccccc4)nc(-c4ccc(-c5cc6ccccc6c6c(-c7ccccc7)cc(-c7ccccc7)nc56)cc4)n3)c2)cc1. The van der Waals surface area contributed by atoms with Crippen molar-refractivity contribution in [2.45, 2.75) is 0 Å². The average Bonchev–Trinajstić information content (AvgIpc) is 3.29. The van der Waals surface area contributed by atoms with E-state index in [9.17, 15) is 0 Å². The average molecular weight is 715 g/mol. The zero-order valence-corrected chi connectivity index (χ0v) is 30.4. The lowest BCUT2D eigenvalue weighted by Gasteiger charge is -2.17. The van der Waals surface area contributed by atoms with Crippen LogP contribution < -0.4 is 0 Å². The Kier molecular flexibility index (Phi) is 8.47. The van der Waals surface area contributed by atoms with Crippen molar-refractivity contribution in [1.29, 1.82) is 0 Å². The molecule has 0 spiro atoms. The smallest absolute Gasteiger partial charge is 0.164 e. The van der Waals surface area contributed by atoms with Crippen molar-refractivity contribution in [3.8, 4) is 78.8 Å². The van der Waals surface area contributed by atoms with E-state index in [0.29, 0.717) is 17.5 Å².